The summed E-state index contributed by atoms with van der Waals surface area (Å²) in [6.45, 7) is 2.90. The van der Waals surface area contributed by atoms with Crippen molar-refractivity contribution in [2.24, 2.45) is 0 Å². The molecule has 0 aromatic carbocycles. The highest BCUT2D eigenvalue weighted by Crippen LogP contribution is 2.12. The fourth-order valence-electron chi connectivity index (χ4n) is 1.44. The van der Waals surface area contributed by atoms with Crippen LogP contribution < -0.4 is 4.72 Å². The number of nitrogens with zero attached hydrogens (tertiary/aromatic N) is 1. The molecule has 0 amide bonds. The lowest BCUT2D eigenvalue weighted by Crippen LogP contribution is -2.46. The van der Waals surface area contributed by atoms with Crippen molar-refractivity contribution in [3.8, 4) is 0 Å². The minimum absolute atomic E-state index is 0.470. The summed E-state index contributed by atoms with van der Waals surface area (Å²) in [5.41, 5.74) is 0. The SMILES string of the molecule is COC(C)NS(=O)(=O)N1CCCCC1. The van der Waals surface area contributed by atoms with Crippen LogP contribution in [0.25, 0.3) is 0 Å². The minimum atomic E-state index is -3.34. The fraction of sp³-hybridized carbons (Fsp3) is 1.00. The summed E-state index contributed by atoms with van der Waals surface area (Å²) in [4.78, 5) is 0. The lowest BCUT2D eigenvalue weighted by Gasteiger charge is -2.27. The lowest BCUT2D eigenvalue weighted by molar-refractivity contribution is 0.107. The van der Waals surface area contributed by atoms with Crippen molar-refractivity contribution in [2.75, 3.05) is 20.2 Å². The first kappa shape index (κ1) is 11.9. The Labute approximate surface area is 85.6 Å². The lowest BCUT2D eigenvalue weighted by atomic mass is 10.2. The van der Waals surface area contributed by atoms with Crippen LogP contribution in [0.1, 0.15) is 26.2 Å². The van der Waals surface area contributed by atoms with Gasteiger partial charge in [-0.3, -0.25) is 0 Å². The van der Waals surface area contributed by atoms with Crippen molar-refractivity contribution >= 4 is 10.2 Å². The van der Waals surface area contributed by atoms with Crippen molar-refractivity contribution in [2.45, 2.75) is 32.4 Å². The summed E-state index contributed by atoms with van der Waals surface area (Å²) in [5, 5.41) is 0. The van der Waals surface area contributed by atoms with E-state index in [1.54, 1.807) is 6.92 Å². The van der Waals surface area contributed by atoms with Crippen LogP contribution in [0.3, 0.4) is 0 Å². The maximum Gasteiger partial charge on any atom is 0.281 e. The summed E-state index contributed by atoms with van der Waals surface area (Å²) in [6.07, 6.45) is 2.54. The molecule has 1 saturated heterocycles. The molecule has 0 saturated carbocycles. The summed E-state index contributed by atoms with van der Waals surface area (Å²) >= 11 is 0. The first-order valence-electron chi connectivity index (χ1n) is 4.86. The molecule has 5 nitrogen and oxygen atoms in total. The first-order valence-corrected chi connectivity index (χ1v) is 6.30. The van der Waals surface area contributed by atoms with Gasteiger partial charge < -0.3 is 4.74 Å². The quantitative estimate of drug-likeness (QED) is 0.696. The van der Waals surface area contributed by atoms with Gasteiger partial charge in [0, 0.05) is 20.2 Å². The molecule has 0 aromatic rings. The molecule has 0 radical (unpaired) electrons. The van der Waals surface area contributed by atoms with E-state index in [0.29, 0.717) is 13.1 Å². The average Bonchev–Trinajstić information content (AvgIpc) is 2.18. The average molecular weight is 222 g/mol. The van der Waals surface area contributed by atoms with E-state index in [1.807, 2.05) is 0 Å². The van der Waals surface area contributed by atoms with Crippen LogP contribution in [0.2, 0.25) is 0 Å². The van der Waals surface area contributed by atoms with E-state index < -0.39 is 16.4 Å². The van der Waals surface area contributed by atoms with Crippen LogP contribution in [-0.4, -0.2) is 39.2 Å². The molecular formula is C8H18N2O3S. The Morgan fingerprint density at radius 2 is 1.86 bits per heavy atom. The van der Waals surface area contributed by atoms with Crippen LogP contribution >= 0.6 is 0 Å². The number of nitrogens with one attached hydrogen (secondary N) is 1. The van der Waals surface area contributed by atoms with Crippen molar-refractivity contribution < 1.29 is 13.2 Å². The van der Waals surface area contributed by atoms with Gasteiger partial charge in [0.05, 0.1) is 0 Å². The Kier molecular flexibility index (Phi) is 4.31. The van der Waals surface area contributed by atoms with Gasteiger partial charge in [0.2, 0.25) is 0 Å². The van der Waals surface area contributed by atoms with Crippen molar-refractivity contribution in [3.63, 3.8) is 0 Å². The fourth-order valence-corrected chi connectivity index (χ4v) is 2.84. The summed E-state index contributed by atoms with van der Waals surface area (Å²) in [7, 11) is -1.86. The van der Waals surface area contributed by atoms with Crippen LogP contribution in [0.4, 0.5) is 0 Å². The van der Waals surface area contributed by atoms with Crippen LogP contribution in [0.15, 0.2) is 0 Å². The number of hydrogen-bond acceptors (Lipinski definition) is 3. The zero-order chi connectivity index (χ0) is 10.6. The molecule has 84 valence electrons. The molecule has 0 spiro atoms. The Bertz CT molecular complexity index is 260. The molecule has 1 aliphatic rings. The van der Waals surface area contributed by atoms with Gasteiger partial charge in [-0.15, -0.1) is 0 Å². The van der Waals surface area contributed by atoms with Crippen LogP contribution in [0.5, 0.6) is 0 Å². The van der Waals surface area contributed by atoms with Crippen molar-refractivity contribution in [1.29, 1.82) is 0 Å². The van der Waals surface area contributed by atoms with Gasteiger partial charge in [-0.1, -0.05) is 6.42 Å². The molecule has 14 heavy (non-hydrogen) atoms. The van der Waals surface area contributed by atoms with Crippen LogP contribution in [-0.2, 0) is 14.9 Å². The highest BCUT2D eigenvalue weighted by Gasteiger charge is 2.24. The molecular weight excluding hydrogens is 204 g/mol. The number of ether oxygens (including phenoxy) is 1. The third kappa shape index (κ3) is 3.20. The highest BCUT2D eigenvalue weighted by molar-refractivity contribution is 7.87. The second-order valence-corrected chi connectivity index (χ2v) is 5.16. The Morgan fingerprint density at radius 1 is 1.29 bits per heavy atom. The van der Waals surface area contributed by atoms with Gasteiger partial charge in [-0.05, 0) is 19.8 Å². The summed E-state index contributed by atoms with van der Waals surface area (Å²) in [5.74, 6) is 0. The Morgan fingerprint density at radius 3 is 2.36 bits per heavy atom. The standard InChI is InChI=1S/C8H18N2O3S/c1-8(13-2)9-14(11,12)10-6-4-3-5-7-10/h8-9H,3-7H2,1-2H3. The number of rotatable bonds is 4. The molecule has 1 heterocycles. The zero-order valence-corrected chi connectivity index (χ0v) is 9.51. The second kappa shape index (κ2) is 5.06. The topological polar surface area (TPSA) is 58.6 Å². The van der Waals surface area contributed by atoms with E-state index in [4.69, 9.17) is 4.74 Å². The Hall–Kier alpha value is -0.170. The maximum absolute atomic E-state index is 11.7. The van der Waals surface area contributed by atoms with Crippen molar-refractivity contribution in [3.05, 3.63) is 0 Å². The molecule has 1 N–H and O–H groups in total. The highest BCUT2D eigenvalue weighted by atomic mass is 32.2. The predicted octanol–water partition coefficient (Wildman–Crippen LogP) is 0.299. The van der Waals surface area contributed by atoms with Gasteiger partial charge in [0.15, 0.2) is 0 Å². The third-order valence-corrected chi connectivity index (χ3v) is 4.00. The minimum Gasteiger partial charge on any atom is -0.366 e. The van der Waals surface area contributed by atoms with Gasteiger partial charge in [-0.2, -0.15) is 17.4 Å². The van der Waals surface area contributed by atoms with E-state index in [0.717, 1.165) is 19.3 Å². The number of methoxy groups -OCH3 is 1. The van der Waals surface area contributed by atoms with E-state index >= 15 is 0 Å². The maximum atomic E-state index is 11.7. The van der Waals surface area contributed by atoms with E-state index in [2.05, 4.69) is 4.72 Å². The first-order chi connectivity index (χ1) is 6.56. The number of piperidine rings is 1. The summed E-state index contributed by atoms with van der Waals surface area (Å²) in [6, 6.07) is 0. The van der Waals surface area contributed by atoms with E-state index in [9.17, 15) is 8.42 Å². The predicted molar refractivity (Wildman–Crippen MR) is 54.0 cm³/mol. The van der Waals surface area contributed by atoms with Gasteiger partial charge in [-0.25, -0.2) is 0 Å². The molecule has 1 rings (SSSR count). The summed E-state index contributed by atoms with van der Waals surface area (Å²) < 4.78 is 32.2. The molecule has 1 unspecified atom stereocenters. The smallest absolute Gasteiger partial charge is 0.281 e. The second-order valence-electron chi connectivity index (χ2n) is 3.46. The number of hydrogen-bond donors (Lipinski definition) is 1. The van der Waals surface area contributed by atoms with Gasteiger partial charge in [0.25, 0.3) is 10.2 Å². The van der Waals surface area contributed by atoms with E-state index in [1.165, 1.54) is 11.4 Å². The Balaban J connectivity index is 2.54. The molecule has 1 fully saturated rings. The molecule has 1 aliphatic heterocycles. The molecule has 0 aromatic heterocycles. The molecule has 0 aliphatic carbocycles. The molecule has 1 atom stereocenters. The zero-order valence-electron chi connectivity index (χ0n) is 8.69. The normalized spacial score (nSPS) is 22.1. The third-order valence-electron chi connectivity index (χ3n) is 2.32. The molecule has 6 heteroatoms. The molecule has 0 bridgehead atoms. The largest absolute Gasteiger partial charge is 0.366 e. The monoisotopic (exact) mass is 222 g/mol. The van der Waals surface area contributed by atoms with E-state index in [-0.39, 0.29) is 0 Å². The van der Waals surface area contributed by atoms with Gasteiger partial charge >= 0.3 is 0 Å². The van der Waals surface area contributed by atoms with Crippen molar-refractivity contribution in [1.82, 2.24) is 9.03 Å². The van der Waals surface area contributed by atoms with Crippen LogP contribution in [0, 0.1) is 0 Å². The van der Waals surface area contributed by atoms with Gasteiger partial charge in [0.1, 0.15) is 6.23 Å².